The third-order valence-corrected chi connectivity index (χ3v) is 9.62. The van der Waals surface area contributed by atoms with Gasteiger partial charge in [-0.25, -0.2) is 4.98 Å². The molecule has 0 N–H and O–H groups in total. The third-order valence-electron chi connectivity index (χ3n) is 9.62. The maximum Gasteiger partial charge on any atom is 0.254 e. The van der Waals surface area contributed by atoms with Gasteiger partial charge in [-0.15, -0.1) is 0 Å². The van der Waals surface area contributed by atoms with Crippen molar-refractivity contribution in [3.8, 4) is 5.75 Å². The van der Waals surface area contributed by atoms with Gasteiger partial charge in [0.05, 0.1) is 12.6 Å². The Balaban J connectivity index is 1.03. The van der Waals surface area contributed by atoms with E-state index in [4.69, 9.17) is 9.47 Å². The minimum Gasteiger partial charge on any atom is -0.487 e. The van der Waals surface area contributed by atoms with Gasteiger partial charge >= 0.3 is 0 Å². The Morgan fingerprint density at radius 2 is 1.85 bits per heavy atom. The smallest absolute Gasteiger partial charge is 0.254 e. The number of para-hydroxylation sites is 1. The van der Waals surface area contributed by atoms with Crippen LogP contribution >= 0.6 is 0 Å². The maximum absolute atomic E-state index is 13.5. The van der Waals surface area contributed by atoms with Crippen LogP contribution < -0.4 is 9.64 Å². The number of benzene rings is 1. The molecule has 4 aliphatic heterocycles. The van der Waals surface area contributed by atoms with Gasteiger partial charge in [0.25, 0.3) is 5.91 Å². The molecule has 1 atom stereocenters. The van der Waals surface area contributed by atoms with Gasteiger partial charge in [-0.05, 0) is 88.6 Å². The molecule has 0 unspecified atom stereocenters. The van der Waals surface area contributed by atoms with E-state index in [9.17, 15) is 4.79 Å². The average Bonchev–Trinajstić information content (AvgIpc) is 3.53. The number of aromatic nitrogens is 1. The van der Waals surface area contributed by atoms with Crippen LogP contribution in [0.4, 0.5) is 5.82 Å². The first-order valence-electron chi connectivity index (χ1n) is 14.9. The summed E-state index contributed by atoms with van der Waals surface area (Å²) in [5.74, 6) is 2.17. The Morgan fingerprint density at radius 1 is 1.08 bits per heavy atom. The van der Waals surface area contributed by atoms with Crippen LogP contribution in [-0.4, -0.2) is 78.8 Å². The number of hydrogen-bond acceptors (Lipinski definition) is 6. The van der Waals surface area contributed by atoms with E-state index in [0.717, 1.165) is 88.5 Å². The highest BCUT2D eigenvalue weighted by atomic mass is 16.5. The highest BCUT2D eigenvalue weighted by Gasteiger charge is 2.39. The SMILES string of the molecule is COC[C@@H]1CCCN1c1cc(C(=O)N2CCC3(CCN(Cc4cccc5c4OC(C)(C)C5)CC3)CC2)ccn1. The largest absolute Gasteiger partial charge is 0.487 e. The van der Waals surface area contributed by atoms with Gasteiger partial charge in [0.15, 0.2) is 0 Å². The topological polar surface area (TPSA) is 58.1 Å². The molecule has 0 saturated carbocycles. The van der Waals surface area contributed by atoms with Gasteiger partial charge < -0.3 is 19.3 Å². The zero-order valence-electron chi connectivity index (χ0n) is 24.0. The van der Waals surface area contributed by atoms with Gasteiger partial charge in [0, 0.05) is 57.0 Å². The summed E-state index contributed by atoms with van der Waals surface area (Å²) < 4.78 is 11.7. The summed E-state index contributed by atoms with van der Waals surface area (Å²) in [5, 5.41) is 0. The van der Waals surface area contributed by atoms with E-state index in [1.807, 2.05) is 12.1 Å². The molecule has 1 spiro atoms. The normalized spacial score (nSPS) is 24.1. The molecule has 5 heterocycles. The zero-order valence-corrected chi connectivity index (χ0v) is 24.0. The molecule has 1 aromatic heterocycles. The van der Waals surface area contributed by atoms with E-state index in [2.05, 4.69) is 51.7 Å². The van der Waals surface area contributed by atoms with Crippen molar-refractivity contribution in [2.45, 2.75) is 77.0 Å². The van der Waals surface area contributed by atoms with Gasteiger partial charge in [-0.1, -0.05) is 18.2 Å². The minimum absolute atomic E-state index is 0.103. The molecule has 3 saturated heterocycles. The summed E-state index contributed by atoms with van der Waals surface area (Å²) >= 11 is 0. The van der Waals surface area contributed by atoms with Crippen molar-refractivity contribution >= 4 is 11.7 Å². The van der Waals surface area contributed by atoms with E-state index in [-0.39, 0.29) is 11.5 Å². The number of likely N-dealkylation sites (tertiary alicyclic amines) is 2. The molecule has 0 bridgehead atoms. The van der Waals surface area contributed by atoms with E-state index in [1.165, 1.54) is 24.0 Å². The number of hydrogen-bond donors (Lipinski definition) is 0. The second-order valence-electron chi connectivity index (χ2n) is 12.9. The number of anilines is 1. The van der Waals surface area contributed by atoms with Crippen LogP contribution in [0, 0.1) is 5.41 Å². The second-order valence-corrected chi connectivity index (χ2v) is 12.9. The number of ether oxygens (including phenoxy) is 2. The van der Waals surface area contributed by atoms with Crippen molar-refractivity contribution in [2.24, 2.45) is 5.41 Å². The standard InChI is InChI=1S/C32H44N4O3/c1-31(2)21-25-6-4-7-26(29(25)39-31)22-34-16-10-32(11-17-34)12-18-35(19-13-32)30(37)24-9-14-33-28(20-24)36-15-5-8-27(36)23-38-3/h4,6-7,9,14,20,27H,5,8,10-13,15-19,21-23H2,1-3H3/t27-/m0/s1. The third kappa shape index (κ3) is 5.53. The molecule has 1 amide bonds. The maximum atomic E-state index is 13.5. The summed E-state index contributed by atoms with van der Waals surface area (Å²) in [6, 6.07) is 10.8. The molecule has 4 aliphatic rings. The molecular weight excluding hydrogens is 488 g/mol. The Morgan fingerprint density at radius 3 is 2.62 bits per heavy atom. The highest BCUT2D eigenvalue weighted by Crippen LogP contribution is 2.43. The quantitative estimate of drug-likeness (QED) is 0.526. The lowest BCUT2D eigenvalue weighted by Crippen LogP contribution is -2.48. The van der Waals surface area contributed by atoms with E-state index < -0.39 is 0 Å². The van der Waals surface area contributed by atoms with E-state index in [0.29, 0.717) is 18.1 Å². The van der Waals surface area contributed by atoms with Crippen molar-refractivity contribution in [1.82, 2.24) is 14.8 Å². The number of rotatable bonds is 6. The molecule has 6 rings (SSSR count). The zero-order chi connectivity index (χ0) is 27.0. The number of pyridine rings is 1. The molecule has 7 heteroatoms. The van der Waals surface area contributed by atoms with Crippen molar-refractivity contribution in [2.75, 3.05) is 51.3 Å². The molecule has 1 aromatic carbocycles. The fraction of sp³-hybridized carbons (Fsp3) is 0.625. The molecule has 3 fully saturated rings. The predicted octanol–water partition coefficient (Wildman–Crippen LogP) is 4.93. The van der Waals surface area contributed by atoms with Gasteiger partial charge in [0.2, 0.25) is 0 Å². The summed E-state index contributed by atoms with van der Waals surface area (Å²) in [6.07, 6.45) is 9.66. The average molecular weight is 533 g/mol. The molecular formula is C32H44N4O3. The molecule has 7 nitrogen and oxygen atoms in total. The van der Waals surface area contributed by atoms with Gasteiger partial charge in [-0.3, -0.25) is 9.69 Å². The first-order chi connectivity index (χ1) is 18.8. The van der Waals surface area contributed by atoms with Crippen LogP contribution in [0.2, 0.25) is 0 Å². The fourth-order valence-corrected chi connectivity index (χ4v) is 7.31. The molecule has 39 heavy (non-hydrogen) atoms. The number of piperidine rings is 2. The van der Waals surface area contributed by atoms with Crippen LogP contribution in [0.15, 0.2) is 36.5 Å². The van der Waals surface area contributed by atoms with Crippen LogP contribution in [0.1, 0.15) is 73.9 Å². The number of carbonyl (C=O) groups excluding carboxylic acids is 1. The van der Waals surface area contributed by atoms with Gasteiger partial charge in [0.1, 0.15) is 17.2 Å². The van der Waals surface area contributed by atoms with Crippen molar-refractivity contribution in [3.05, 3.63) is 53.2 Å². The minimum atomic E-state index is -0.103. The Hall–Kier alpha value is -2.64. The predicted molar refractivity (Wildman–Crippen MR) is 153 cm³/mol. The molecule has 0 aliphatic carbocycles. The number of methoxy groups -OCH3 is 1. The van der Waals surface area contributed by atoms with Crippen LogP contribution in [0.3, 0.4) is 0 Å². The van der Waals surface area contributed by atoms with Crippen LogP contribution in [0.5, 0.6) is 5.75 Å². The van der Waals surface area contributed by atoms with Crippen LogP contribution in [-0.2, 0) is 17.7 Å². The summed E-state index contributed by atoms with van der Waals surface area (Å²) in [6.45, 7) is 10.9. The highest BCUT2D eigenvalue weighted by molar-refractivity contribution is 5.95. The number of carbonyl (C=O) groups is 1. The Labute approximate surface area is 233 Å². The number of amides is 1. The Kier molecular flexibility index (Phi) is 7.32. The van der Waals surface area contributed by atoms with Crippen molar-refractivity contribution < 1.29 is 14.3 Å². The molecule has 210 valence electrons. The van der Waals surface area contributed by atoms with Gasteiger partial charge in [-0.2, -0.15) is 0 Å². The lowest BCUT2D eigenvalue weighted by molar-refractivity contribution is 0.0282. The van der Waals surface area contributed by atoms with E-state index in [1.54, 1.807) is 13.3 Å². The summed E-state index contributed by atoms with van der Waals surface area (Å²) in [4.78, 5) is 25.0. The molecule has 0 radical (unpaired) electrons. The molecule has 2 aromatic rings. The summed E-state index contributed by atoms with van der Waals surface area (Å²) in [5.41, 5.74) is 3.70. The number of fused-ring (bicyclic) bond motifs is 1. The van der Waals surface area contributed by atoms with Crippen molar-refractivity contribution in [1.29, 1.82) is 0 Å². The first-order valence-corrected chi connectivity index (χ1v) is 14.9. The van der Waals surface area contributed by atoms with Crippen LogP contribution in [0.25, 0.3) is 0 Å². The first kappa shape index (κ1) is 26.6. The van der Waals surface area contributed by atoms with E-state index >= 15 is 0 Å². The number of nitrogens with zero attached hydrogens (tertiary/aromatic N) is 4. The lowest BCUT2D eigenvalue weighted by atomic mass is 9.71. The fourth-order valence-electron chi connectivity index (χ4n) is 7.31. The Bertz CT molecular complexity index is 1180. The second kappa shape index (κ2) is 10.7. The lowest BCUT2D eigenvalue weighted by Gasteiger charge is -2.47. The monoisotopic (exact) mass is 532 g/mol. The summed E-state index contributed by atoms with van der Waals surface area (Å²) in [7, 11) is 1.75. The van der Waals surface area contributed by atoms with Crippen molar-refractivity contribution in [3.63, 3.8) is 0 Å².